The molecule has 16 heavy (non-hydrogen) atoms. The summed E-state index contributed by atoms with van der Waals surface area (Å²) in [6.45, 7) is 4.68. The number of ketones is 1. The first-order valence-electron chi connectivity index (χ1n) is 5.99. The molecule has 0 amide bonds. The number of ether oxygens (including phenoxy) is 1. The molecule has 2 heteroatoms. The Labute approximate surface area is 98.1 Å². The normalized spacial score (nSPS) is 22.2. The Balaban J connectivity index is 2.54. The van der Waals surface area contributed by atoms with E-state index in [9.17, 15) is 4.79 Å². The molecule has 88 valence electrons. The van der Waals surface area contributed by atoms with E-state index in [1.807, 2.05) is 6.92 Å². The molecule has 0 N–H and O–H groups in total. The van der Waals surface area contributed by atoms with E-state index in [2.05, 4.69) is 12.8 Å². The van der Waals surface area contributed by atoms with E-state index in [4.69, 9.17) is 11.2 Å². The highest BCUT2D eigenvalue weighted by molar-refractivity contribution is 5.93. The average molecular weight is 220 g/mol. The van der Waals surface area contributed by atoms with Gasteiger partial charge in [0.15, 0.2) is 5.78 Å². The zero-order valence-corrected chi connectivity index (χ0v) is 10.2. The van der Waals surface area contributed by atoms with Crippen molar-refractivity contribution in [2.45, 2.75) is 39.5 Å². The zero-order chi connectivity index (χ0) is 12.0. The summed E-state index contributed by atoms with van der Waals surface area (Å²) in [5.74, 6) is 4.19. The number of carbonyl (C=O) groups is 1. The molecule has 0 saturated carbocycles. The predicted octanol–water partition coefficient (Wildman–Crippen LogP) is 2.94. The third-order valence-electron chi connectivity index (χ3n) is 3.13. The molecule has 1 aliphatic rings. The second-order valence-corrected chi connectivity index (χ2v) is 4.31. The molecular weight excluding hydrogens is 200 g/mol. The summed E-state index contributed by atoms with van der Waals surface area (Å²) < 4.78 is 5.37. The van der Waals surface area contributed by atoms with Gasteiger partial charge in [0, 0.05) is 24.8 Å². The van der Waals surface area contributed by atoms with Crippen LogP contribution in [0.4, 0.5) is 0 Å². The Bertz CT molecular complexity index is 309. The number of hydrogen-bond donors (Lipinski definition) is 0. The van der Waals surface area contributed by atoms with E-state index in [1.165, 1.54) is 0 Å². The van der Waals surface area contributed by atoms with Gasteiger partial charge in [-0.05, 0) is 25.7 Å². The van der Waals surface area contributed by atoms with Crippen LogP contribution in [-0.2, 0) is 9.53 Å². The number of terminal acetylenes is 1. The second-order valence-electron chi connectivity index (χ2n) is 4.31. The number of hydrogen-bond acceptors (Lipinski definition) is 2. The highest BCUT2D eigenvalue weighted by atomic mass is 16.5. The molecular formula is C14H20O2. The van der Waals surface area contributed by atoms with Crippen molar-refractivity contribution in [1.29, 1.82) is 0 Å². The molecule has 2 unspecified atom stereocenters. The summed E-state index contributed by atoms with van der Waals surface area (Å²) in [4.78, 5) is 11.9. The van der Waals surface area contributed by atoms with E-state index in [1.54, 1.807) is 6.08 Å². The van der Waals surface area contributed by atoms with E-state index in [0.717, 1.165) is 31.4 Å². The van der Waals surface area contributed by atoms with Gasteiger partial charge >= 0.3 is 0 Å². The van der Waals surface area contributed by atoms with Gasteiger partial charge in [-0.25, -0.2) is 0 Å². The van der Waals surface area contributed by atoms with Crippen LogP contribution in [0.2, 0.25) is 0 Å². The molecule has 0 spiro atoms. The second kappa shape index (κ2) is 6.37. The van der Waals surface area contributed by atoms with Crippen LogP contribution in [0.25, 0.3) is 0 Å². The Kier molecular flexibility index (Phi) is 5.11. The van der Waals surface area contributed by atoms with Gasteiger partial charge < -0.3 is 4.74 Å². The number of allylic oxidation sites excluding steroid dienone is 2. The van der Waals surface area contributed by atoms with Gasteiger partial charge in [-0.2, -0.15) is 0 Å². The molecule has 0 aliphatic heterocycles. The van der Waals surface area contributed by atoms with Crippen LogP contribution in [0.3, 0.4) is 0 Å². The van der Waals surface area contributed by atoms with Gasteiger partial charge in [0.25, 0.3) is 0 Å². The molecule has 0 aromatic carbocycles. The van der Waals surface area contributed by atoms with E-state index in [-0.39, 0.29) is 11.7 Å². The smallest absolute Gasteiger partial charge is 0.162 e. The maximum Gasteiger partial charge on any atom is 0.162 e. The van der Waals surface area contributed by atoms with Crippen LogP contribution in [0.1, 0.15) is 39.5 Å². The van der Waals surface area contributed by atoms with Crippen molar-refractivity contribution in [3.63, 3.8) is 0 Å². The SMILES string of the molecule is C#CCCC(C)C1CCC(OCC)=CC1=O. The topological polar surface area (TPSA) is 26.3 Å². The largest absolute Gasteiger partial charge is 0.498 e. The third-order valence-corrected chi connectivity index (χ3v) is 3.13. The van der Waals surface area contributed by atoms with Crippen LogP contribution >= 0.6 is 0 Å². The molecule has 0 fully saturated rings. The minimum absolute atomic E-state index is 0.137. The fourth-order valence-electron chi connectivity index (χ4n) is 2.15. The van der Waals surface area contributed by atoms with E-state index >= 15 is 0 Å². The first-order chi connectivity index (χ1) is 7.69. The molecule has 0 bridgehead atoms. The maximum absolute atomic E-state index is 11.9. The van der Waals surface area contributed by atoms with Crippen LogP contribution in [-0.4, -0.2) is 12.4 Å². The standard InChI is InChI=1S/C14H20O2/c1-4-6-7-11(3)13-9-8-12(16-5-2)10-14(13)15/h1,10-11,13H,5-9H2,2-3H3. The van der Waals surface area contributed by atoms with Gasteiger partial charge in [-0.15, -0.1) is 12.3 Å². The summed E-state index contributed by atoms with van der Waals surface area (Å²) >= 11 is 0. The first kappa shape index (κ1) is 12.8. The lowest BCUT2D eigenvalue weighted by molar-refractivity contribution is -0.120. The van der Waals surface area contributed by atoms with Crippen molar-refractivity contribution in [2.75, 3.05) is 6.61 Å². The molecule has 1 rings (SSSR count). The number of rotatable bonds is 5. The lowest BCUT2D eigenvalue weighted by atomic mass is 9.80. The van der Waals surface area contributed by atoms with Gasteiger partial charge in [0.2, 0.25) is 0 Å². The summed E-state index contributed by atoms with van der Waals surface area (Å²) in [5, 5.41) is 0. The lowest BCUT2D eigenvalue weighted by Gasteiger charge is -2.25. The van der Waals surface area contributed by atoms with Gasteiger partial charge in [-0.3, -0.25) is 4.79 Å². The predicted molar refractivity (Wildman–Crippen MR) is 64.7 cm³/mol. The van der Waals surface area contributed by atoms with Crippen LogP contribution in [0.5, 0.6) is 0 Å². The summed E-state index contributed by atoms with van der Waals surface area (Å²) in [5.41, 5.74) is 0. The molecule has 0 saturated heterocycles. The van der Waals surface area contributed by atoms with E-state index in [0.29, 0.717) is 12.5 Å². The molecule has 0 aromatic rings. The van der Waals surface area contributed by atoms with Crippen molar-refractivity contribution in [1.82, 2.24) is 0 Å². The highest BCUT2D eigenvalue weighted by Gasteiger charge is 2.27. The fraction of sp³-hybridized carbons (Fsp3) is 0.643. The van der Waals surface area contributed by atoms with Crippen molar-refractivity contribution >= 4 is 5.78 Å². The molecule has 2 atom stereocenters. The van der Waals surface area contributed by atoms with Gasteiger partial charge in [0.05, 0.1) is 12.4 Å². The summed E-state index contributed by atoms with van der Waals surface area (Å²) in [6, 6.07) is 0. The van der Waals surface area contributed by atoms with Crippen LogP contribution < -0.4 is 0 Å². The molecule has 0 aromatic heterocycles. The monoisotopic (exact) mass is 220 g/mol. The minimum atomic E-state index is 0.137. The lowest BCUT2D eigenvalue weighted by Crippen LogP contribution is -2.24. The quantitative estimate of drug-likeness (QED) is 0.666. The van der Waals surface area contributed by atoms with Crippen LogP contribution in [0.15, 0.2) is 11.8 Å². The van der Waals surface area contributed by atoms with Crippen LogP contribution in [0, 0.1) is 24.2 Å². The molecule has 0 radical (unpaired) electrons. The highest BCUT2D eigenvalue weighted by Crippen LogP contribution is 2.29. The van der Waals surface area contributed by atoms with Crippen molar-refractivity contribution < 1.29 is 9.53 Å². The maximum atomic E-state index is 11.9. The molecule has 2 nitrogen and oxygen atoms in total. The summed E-state index contributed by atoms with van der Waals surface area (Å²) in [7, 11) is 0. The summed E-state index contributed by atoms with van der Waals surface area (Å²) in [6.07, 6.45) is 10.4. The Morgan fingerprint density at radius 2 is 2.44 bits per heavy atom. The first-order valence-corrected chi connectivity index (χ1v) is 5.99. The van der Waals surface area contributed by atoms with Crippen molar-refractivity contribution in [2.24, 2.45) is 11.8 Å². The Hall–Kier alpha value is -1.23. The van der Waals surface area contributed by atoms with Gasteiger partial charge in [-0.1, -0.05) is 6.92 Å². The van der Waals surface area contributed by atoms with Crippen molar-refractivity contribution in [3.05, 3.63) is 11.8 Å². The molecule has 1 aliphatic carbocycles. The molecule has 0 heterocycles. The number of carbonyl (C=O) groups excluding carboxylic acids is 1. The van der Waals surface area contributed by atoms with E-state index < -0.39 is 0 Å². The van der Waals surface area contributed by atoms with Crippen molar-refractivity contribution in [3.8, 4) is 12.3 Å². The third kappa shape index (κ3) is 3.41. The zero-order valence-electron chi connectivity index (χ0n) is 10.2. The fourth-order valence-corrected chi connectivity index (χ4v) is 2.15. The Morgan fingerprint density at radius 1 is 1.69 bits per heavy atom. The minimum Gasteiger partial charge on any atom is -0.498 e. The van der Waals surface area contributed by atoms with Gasteiger partial charge in [0.1, 0.15) is 0 Å². The average Bonchev–Trinajstić information content (AvgIpc) is 2.26. The Morgan fingerprint density at radius 3 is 3.00 bits per heavy atom.